The molecule has 1 heterocycles. The van der Waals surface area contributed by atoms with Crippen molar-refractivity contribution in [2.24, 2.45) is 0 Å². The average molecular weight is 451 g/mol. The van der Waals surface area contributed by atoms with Gasteiger partial charge >= 0.3 is 0 Å². The molecule has 0 saturated heterocycles. The lowest BCUT2D eigenvalue weighted by Gasteiger charge is -2.33. The molecule has 1 aliphatic carbocycles. The average Bonchev–Trinajstić information content (AvgIpc) is 3.38. The summed E-state index contributed by atoms with van der Waals surface area (Å²) < 4.78 is 24.4. The van der Waals surface area contributed by atoms with Crippen LogP contribution in [0.3, 0.4) is 0 Å². The number of hydrogen-bond acceptors (Lipinski definition) is 4. The molecule has 1 N–H and O–H groups in total. The van der Waals surface area contributed by atoms with Crippen LogP contribution in [-0.2, 0) is 4.79 Å². The molecule has 2 aromatic carbocycles. The van der Waals surface area contributed by atoms with Gasteiger partial charge in [0, 0.05) is 11.7 Å². The minimum absolute atomic E-state index is 0.0492. The maximum atomic E-state index is 13.7. The normalized spacial score (nSPS) is 15.0. The van der Waals surface area contributed by atoms with Crippen molar-refractivity contribution < 1.29 is 23.1 Å². The fraction of sp³-hybridized carbons (Fsp3) is 0.308. The van der Waals surface area contributed by atoms with Crippen molar-refractivity contribution in [2.45, 2.75) is 44.2 Å². The summed E-state index contributed by atoms with van der Waals surface area (Å²) in [5, 5.41) is 3.14. The smallest absolute Gasteiger partial charge is 0.294 e. The van der Waals surface area contributed by atoms with E-state index >= 15 is 0 Å². The van der Waals surface area contributed by atoms with Crippen LogP contribution in [0.5, 0.6) is 5.75 Å². The highest BCUT2D eigenvalue weighted by molar-refractivity contribution is 6.08. The van der Waals surface area contributed by atoms with Crippen molar-refractivity contribution >= 4 is 17.5 Å². The first kappa shape index (κ1) is 22.6. The number of hydrogen-bond donors (Lipinski definition) is 1. The van der Waals surface area contributed by atoms with Gasteiger partial charge < -0.3 is 14.5 Å². The molecule has 0 aliphatic heterocycles. The molecule has 0 bridgehead atoms. The number of furan rings is 1. The van der Waals surface area contributed by atoms with Crippen LogP contribution < -0.4 is 15.0 Å². The molecule has 1 saturated carbocycles. The predicted octanol–water partition coefficient (Wildman–Crippen LogP) is 5.26. The molecule has 2 amide bonds. The number of ether oxygens (including phenoxy) is 1. The van der Waals surface area contributed by atoms with E-state index in [-0.39, 0.29) is 17.7 Å². The predicted molar refractivity (Wildman–Crippen MR) is 123 cm³/mol. The number of anilines is 1. The van der Waals surface area contributed by atoms with Crippen LogP contribution >= 0.6 is 0 Å². The lowest BCUT2D eigenvalue weighted by Crippen LogP contribution is -2.47. The maximum absolute atomic E-state index is 13.7. The second kappa shape index (κ2) is 10.3. The quantitative estimate of drug-likeness (QED) is 0.533. The van der Waals surface area contributed by atoms with Gasteiger partial charge in [-0.05, 0) is 66.9 Å². The topological polar surface area (TPSA) is 71.8 Å². The molecule has 4 rings (SSSR count). The Balaban J connectivity index is 1.79. The fourth-order valence-corrected chi connectivity index (χ4v) is 4.26. The zero-order valence-electron chi connectivity index (χ0n) is 18.5. The van der Waals surface area contributed by atoms with Gasteiger partial charge in [-0.1, -0.05) is 31.4 Å². The minimum atomic E-state index is -1.01. The van der Waals surface area contributed by atoms with E-state index in [1.165, 1.54) is 35.4 Å². The van der Waals surface area contributed by atoms with Crippen molar-refractivity contribution in [3.8, 4) is 5.75 Å². The summed E-state index contributed by atoms with van der Waals surface area (Å²) in [6.45, 7) is 0. The van der Waals surface area contributed by atoms with Gasteiger partial charge in [-0.2, -0.15) is 0 Å². The number of nitrogens with one attached hydrogen (secondary N) is 1. The fourth-order valence-electron chi connectivity index (χ4n) is 4.26. The molecule has 7 heteroatoms. The molecule has 172 valence electrons. The number of amides is 2. The summed E-state index contributed by atoms with van der Waals surface area (Å²) in [7, 11) is 1.54. The van der Waals surface area contributed by atoms with Gasteiger partial charge in [-0.15, -0.1) is 0 Å². The van der Waals surface area contributed by atoms with E-state index in [1.54, 1.807) is 43.5 Å². The highest BCUT2D eigenvalue weighted by Crippen LogP contribution is 2.32. The van der Waals surface area contributed by atoms with Gasteiger partial charge in [0.05, 0.1) is 13.4 Å². The van der Waals surface area contributed by atoms with E-state index in [0.717, 1.165) is 32.1 Å². The van der Waals surface area contributed by atoms with E-state index in [0.29, 0.717) is 17.0 Å². The Morgan fingerprint density at radius 2 is 1.82 bits per heavy atom. The third kappa shape index (κ3) is 5.25. The molecule has 1 atom stereocenters. The van der Waals surface area contributed by atoms with Crippen molar-refractivity contribution in [1.29, 1.82) is 0 Å². The number of halogens is 1. The lowest BCUT2D eigenvalue weighted by molar-refractivity contribution is -0.123. The molecule has 0 unspecified atom stereocenters. The van der Waals surface area contributed by atoms with E-state index in [1.807, 2.05) is 0 Å². The second-order valence-corrected chi connectivity index (χ2v) is 8.15. The first-order chi connectivity index (χ1) is 16.1. The number of carbonyl (C=O) groups is 2. The molecule has 0 radical (unpaired) electrons. The van der Waals surface area contributed by atoms with Gasteiger partial charge in [0.15, 0.2) is 5.76 Å². The van der Waals surface area contributed by atoms with Gasteiger partial charge in [0.25, 0.3) is 5.91 Å². The third-order valence-corrected chi connectivity index (χ3v) is 5.92. The van der Waals surface area contributed by atoms with E-state index in [2.05, 4.69) is 5.32 Å². The Morgan fingerprint density at radius 3 is 2.48 bits per heavy atom. The molecular weight excluding hydrogens is 423 g/mol. The third-order valence-electron chi connectivity index (χ3n) is 5.92. The Labute approximate surface area is 192 Å². The van der Waals surface area contributed by atoms with Crippen LogP contribution in [0.2, 0.25) is 0 Å². The Hall–Kier alpha value is -3.61. The van der Waals surface area contributed by atoms with Crippen LogP contribution in [-0.4, -0.2) is 25.0 Å². The van der Waals surface area contributed by atoms with Crippen molar-refractivity contribution in [2.75, 3.05) is 12.0 Å². The van der Waals surface area contributed by atoms with Gasteiger partial charge in [0.1, 0.15) is 17.6 Å². The number of methoxy groups -OCH3 is 1. The monoisotopic (exact) mass is 450 g/mol. The summed E-state index contributed by atoms with van der Waals surface area (Å²) in [5.41, 5.74) is 0.955. The van der Waals surface area contributed by atoms with E-state index < -0.39 is 17.8 Å². The standard InChI is InChI=1S/C26H27FN2O4/c1-32-22-10-5-7-18(17-22)24(25(30)28-20-8-3-2-4-9-20)29(21-14-12-19(27)13-15-21)26(31)23-11-6-16-33-23/h5-7,10-17,20,24H,2-4,8-9H2,1H3,(H,28,30)/t24-/m1/s1. The molecule has 1 aromatic heterocycles. The number of nitrogens with zero attached hydrogens (tertiary/aromatic N) is 1. The summed E-state index contributed by atoms with van der Waals surface area (Å²) in [6, 6.07) is 14.7. The number of carbonyl (C=O) groups excluding carboxylic acids is 2. The summed E-state index contributed by atoms with van der Waals surface area (Å²) >= 11 is 0. The summed E-state index contributed by atoms with van der Waals surface area (Å²) in [6.07, 6.45) is 6.48. The van der Waals surface area contributed by atoms with Gasteiger partial charge in [0.2, 0.25) is 5.91 Å². The van der Waals surface area contributed by atoms with Crippen molar-refractivity contribution in [1.82, 2.24) is 5.32 Å². The second-order valence-electron chi connectivity index (χ2n) is 8.15. The molecule has 33 heavy (non-hydrogen) atoms. The SMILES string of the molecule is COc1cccc([C@H](C(=O)NC2CCCCC2)N(C(=O)c2ccco2)c2ccc(F)cc2)c1. The molecular formula is C26H27FN2O4. The van der Waals surface area contributed by atoms with Crippen molar-refractivity contribution in [3.63, 3.8) is 0 Å². The number of rotatable bonds is 7. The van der Waals surface area contributed by atoms with Crippen molar-refractivity contribution in [3.05, 3.63) is 84.1 Å². The highest BCUT2D eigenvalue weighted by atomic mass is 19.1. The summed E-state index contributed by atoms with van der Waals surface area (Å²) in [4.78, 5) is 28.7. The van der Waals surface area contributed by atoms with E-state index in [4.69, 9.17) is 9.15 Å². The van der Waals surface area contributed by atoms with Crippen LogP contribution in [0, 0.1) is 5.82 Å². The largest absolute Gasteiger partial charge is 0.497 e. The van der Waals surface area contributed by atoms with Crippen LogP contribution in [0.15, 0.2) is 71.3 Å². The summed E-state index contributed by atoms with van der Waals surface area (Å²) in [5.74, 6) is -0.600. The molecule has 0 spiro atoms. The lowest BCUT2D eigenvalue weighted by atomic mass is 9.94. The van der Waals surface area contributed by atoms with Gasteiger partial charge in [-0.3, -0.25) is 14.5 Å². The number of benzene rings is 2. The Morgan fingerprint density at radius 1 is 1.06 bits per heavy atom. The molecule has 1 aliphatic rings. The van der Waals surface area contributed by atoms with E-state index in [9.17, 15) is 14.0 Å². The molecule has 6 nitrogen and oxygen atoms in total. The van der Waals surface area contributed by atoms with Gasteiger partial charge in [-0.25, -0.2) is 4.39 Å². The Bertz CT molecular complexity index is 1080. The first-order valence-corrected chi connectivity index (χ1v) is 11.1. The van der Waals surface area contributed by atoms with Crippen LogP contribution in [0.25, 0.3) is 0 Å². The molecule has 1 fully saturated rings. The minimum Gasteiger partial charge on any atom is -0.497 e. The zero-order valence-corrected chi connectivity index (χ0v) is 18.5. The highest BCUT2D eigenvalue weighted by Gasteiger charge is 2.35. The Kier molecular flexibility index (Phi) is 7.07. The first-order valence-electron chi connectivity index (χ1n) is 11.1. The maximum Gasteiger partial charge on any atom is 0.294 e. The van der Waals surface area contributed by atoms with Crippen LogP contribution in [0.4, 0.5) is 10.1 Å². The zero-order chi connectivity index (χ0) is 23.2. The molecule has 3 aromatic rings. The van der Waals surface area contributed by atoms with Crippen LogP contribution in [0.1, 0.15) is 54.3 Å².